The van der Waals surface area contributed by atoms with Crippen LogP contribution in [0.5, 0.6) is 0 Å². The Morgan fingerprint density at radius 2 is 2.29 bits per heavy atom. The molecule has 7 nitrogen and oxygen atoms in total. The summed E-state index contributed by atoms with van der Waals surface area (Å²) in [6, 6.07) is -0.0893. The van der Waals surface area contributed by atoms with Crippen molar-refractivity contribution in [3.05, 3.63) is 11.2 Å². The highest BCUT2D eigenvalue weighted by Crippen LogP contribution is 2.26. The van der Waals surface area contributed by atoms with Crippen LogP contribution in [-0.4, -0.2) is 55.8 Å². The van der Waals surface area contributed by atoms with Gasteiger partial charge in [-0.3, -0.25) is 4.79 Å². The van der Waals surface area contributed by atoms with Gasteiger partial charge in [0.1, 0.15) is 0 Å². The normalized spacial score (nSPS) is 25.7. The molecular weight excluding hydrogens is 348 g/mol. The predicted octanol–water partition coefficient (Wildman–Crippen LogP) is 0.720. The summed E-state index contributed by atoms with van der Waals surface area (Å²) in [6.45, 7) is 4.22. The number of rotatable bonds is 5. The van der Waals surface area contributed by atoms with Crippen molar-refractivity contribution in [3.8, 4) is 0 Å². The van der Waals surface area contributed by atoms with Crippen LogP contribution in [0.25, 0.3) is 0 Å². The van der Waals surface area contributed by atoms with Crippen LogP contribution < -0.4 is 10.6 Å². The SMILES string of the molecule is Cc1ncc(S(=O)(=O)N2CCCC(CNC(=O)C3CCCN3)C2)s1. The molecule has 2 atom stereocenters. The Labute approximate surface area is 146 Å². The van der Waals surface area contributed by atoms with Gasteiger partial charge in [-0.2, -0.15) is 4.31 Å². The van der Waals surface area contributed by atoms with E-state index in [2.05, 4.69) is 15.6 Å². The van der Waals surface area contributed by atoms with E-state index in [0.717, 1.165) is 37.2 Å². The van der Waals surface area contributed by atoms with Crippen molar-refractivity contribution in [2.75, 3.05) is 26.2 Å². The summed E-state index contributed by atoms with van der Waals surface area (Å²) in [5.41, 5.74) is 0. The molecular formula is C15H24N4O3S2. The Balaban J connectivity index is 1.57. The van der Waals surface area contributed by atoms with Crippen LogP contribution >= 0.6 is 11.3 Å². The minimum Gasteiger partial charge on any atom is -0.354 e. The molecule has 2 saturated heterocycles. The van der Waals surface area contributed by atoms with E-state index in [1.807, 2.05) is 0 Å². The highest BCUT2D eigenvalue weighted by molar-refractivity contribution is 7.91. The summed E-state index contributed by atoms with van der Waals surface area (Å²) in [7, 11) is -3.46. The second-order valence-electron chi connectivity index (χ2n) is 6.46. The fourth-order valence-corrected chi connectivity index (χ4v) is 6.09. The van der Waals surface area contributed by atoms with Crippen molar-refractivity contribution < 1.29 is 13.2 Å². The van der Waals surface area contributed by atoms with Crippen LogP contribution in [0.3, 0.4) is 0 Å². The molecule has 2 N–H and O–H groups in total. The van der Waals surface area contributed by atoms with Crippen molar-refractivity contribution in [2.24, 2.45) is 5.92 Å². The third-order valence-electron chi connectivity index (χ3n) is 4.62. The minimum absolute atomic E-state index is 0.0329. The molecule has 2 aliphatic rings. The molecule has 24 heavy (non-hydrogen) atoms. The number of carbonyl (C=O) groups excluding carboxylic acids is 1. The van der Waals surface area contributed by atoms with Crippen molar-refractivity contribution in [2.45, 2.75) is 42.9 Å². The largest absolute Gasteiger partial charge is 0.354 e. The number of thiazole rings is 1. The lowest BCUT2D eigenvalue weighted by Crippen LogP contribution is -2.46. The summed E-state index contributed by atoms with van der Waals surface area (Å²) in [4.78, 5) is 16.1. The maximum absolute atomic E-state index is 12.7. The van der Waals surface area contributed by atoms with E-state index in [0.29, 0.717) is 23.8 Å². The molecule has 3 rings (SSSR count). The van der Waals surface area contributed by atoms with Crippen molar-refractivity contribution in [1.29, 1.82) is 0 Å². The molecule has 2 fully saturated rings. The van der Waals surface area contributed by atoms with Crippen molar-refractivity contribution in [1.82, 2.24) is 19.9 Å². The Morgan fingerprint density at radius 1 is 1.46 bits per heavy atom. The van der Waals surface area contributed by atoms with Gasteiger partial charge in [0.15, 0.2) is 4.21 Å². The standard InChI is InChI=1S/C15H24N4O3S2/c1-11-17-9-14(23-11)24(21,22)19-7-3-4-12(10-19)8-18-15(20)13-5-2-6-16-13/h9,12-13,16H,2-8,10H2,1H3,(H,18,20). The number of sulfonamides is 1. The molecule has 0 bridgehead atoms. The maximum Gasteiger partial charge on any atom is 0.254 e. The first-order valence-electron chi connectivity index (χ1n) is 8.40. The van der Waals surface area contributed by atoms with E-state index in [1.54, 1.807) is 6.92 Å². The van der Waals surface area contributed by atoms with E-state index in [9.17, 15) is 13.2 Å². The second-order valence-corrected chi connectivity index (χ2v) is 9.86. The lowest BCUT2D eigenvalue weighted by molar-refractivity contribution is -0.123. The summed E-state index contributed by atoms with van der Waals surface area (Å²) < 4.78 is 27.2. The monoisotopic (exact) mass is 372 g/mol. The Bertz CT molecular complexity index is 683. The topological polar surface area (TPSA) is 91.4 Å². The fraction of sp³-hybridized carbons (Fsp3) is 0.733. The van der Waals surface area contributed by atoms with Gasteiger partial charge in [0.2, 0.25) is 5.91 Å². The van der Waals surface area contributed by atoms with Crippen LogP contribution in [0, 0.1) is 12.8 Å². The zero-order valence-corrected chi connectivity index (χ0v) is 15.5. The van der Waals surface area contributed by atoms with Crippen molar-refractivity contribution in [3.63, 3.8) is 0 Å². The predicted molar refractivity (Wildman–Crippen MR) is 92.4 cm³/mol. The number of nitrogens with one attached hydrogen (secondary N) is 2. The molecule has 1 amide bonds. The smallest absolute Gasteiger partial charge is 0.254 e. The molecule has 3 heterocycles. The molecule has 9 heteroatoms. The van der Waals surface area contributed by atoms with Gasteiger partial charge < -0.3 is 10.6 Å². The van der Waals surface area contributed by atoms with Gasteiger partial charge in [-0.15, -0.1) is 11.3 Å². The van der Waals surface area contributed by atoms with Crippen LogP contribution in [-0.2, 0) is 14.8 Å². The summed E-state index contributed by atoms with van der Waals surface area (Å²) >= 11 is 1.21. The zero-order chi connectivity index (χ0) is 17.2. The third-order valence-corrected chi connectivity index (χ3v) is 7.83. The first-order chi connectivity index (χ1) is 11.5. The summed E-state index contributed by atoms with van der Waals surface area (Å²) in [6.07, 6.45) is 5.10. The maximum atomic E-state index is 12.7. The van der Waals surface area contributed by atoms with Gasteiger partial charge in [-0.25, -0.2) is 13.4 Å². The number of aryl methyl sites for hydroxylation is 1. The molecule has 0 spiro atoms. The Morgan fingerprint density at radius 3 is 2.96 bits per heavy atom. The fourth-order valence-electron chi connectivity index (χ4n) is 3.28. The molecule has 0 aliphatic carbocycles. The van der Waals surface area contributed by atoms with Gasteiger partial charge in [-0.1, -0.05) is 0 Å². The van der Waals surface area contributed by atoms with Crippen LogP contribution in [0.2, 0.25) is 0 Å². The molecule has 1 aromatic rings. The number of hydrogen-bond acceptors (Lipinski definition) is 6. The average Bonchev–Trinajstić information content (AvgIpc) is 3.24. The molecule has 0 radical (unpaired) electrons. The number of piperidine rings is 1. The molecule has 0 aromatic carbocycles. The number of carbonyl (C=O) groups is 1. The first kappa shape index (κ1) is 17.8. The van der Waals surface area contributed by atoms with E-state index in [-0.39, 0.29) is 17.9 Å². The number of aromatic nitrogens is 1. The van der Waals surface area contributed by atoms with Crippen LogP contribution in [0.4, 0.5) is 0 Å². The molecule has 2 unspecified atom stereocenters. The van der Waals surface area contributed by atoms with Gasteiger partial charge in [0, 0.05) is 19.6 Å². The Hall–Kier alpha value is -1.03. The van der Waals surface area contributed by atoms with Gasteiger partial charge in [0.25, 0.3) is 10.0 Å². The lowest BCUT2D eigenvalue weighted by Gasteiger charge is -2.31. The number of amides is 1. The van der Waals surface area contributed by atoms with E-state index >= 15 is 0 Å². The lowest BCUT2D eigenvalue weighted by atomic mass is 9.99. The quantitative estimate of drug-likeness (QED) is 0.795. The molecule has 2 aliphatic heterocycles. The van der Waals surface area contributed by atoms with Gasteiger partial charge >= 0.3 is 0 Å². The van der Waals surface area contributed by atoms with E-state index in [4.69, 9.17) is 0 Å². The van der Waals surface area contributed by atoms with Gasteiger partial charge in [-0.05, 0) is 45.1 Å². The average molecular weight is 373 g/mol. The highest BCUT2D eigenvalue weighted by atomic mass is 32.2. The summed E-state index contributed by atoms with van der Waals surface area (Å²) in [5.74, 6) is 0.193. The van der Waals surface area contributed by atoms with Crippen molar-refractivity contribution >= 4 is 27.3 Å². The van der Waals surface area contributed by atoms with E-state index < -0.39 is 10.0 Å². The Kier molecular flexibility index (Phi) is 5.53. The zero-order valence-electron chi connectivity index (χ0n) is 13.8. The van der Waals surface area contributed by atoms with Gasteiger partial charge in [0.05, 0.1) is 17.2 Å². The first-order valence-corrected chi connectivity index (χ1v) is 10.7. The minimum atomic E-state index is -3.46. The van der Waals surface area contributed by atoms with Crippen LogP contribution in [0.1, 0.15) is 30.7 Å². The number of hydrogen-bond donors (Lipinski definition) is 2. The highest BCUT2D eigenvalue weighted by Gasteiger charge is 2.32. The second kappa shape index (κ2) is 7.47. The van der Waals surface area contributed by atoms with E-state index in [1.165, 1.54) is 21.8 Å². The number of nitrogens with zero attached hydrogens (tertiary/aromatic N) is 2. The van der Waals surface area contributed by atoms with Crippen LogP contribution in [0.15, 0.2) is 10.4 Å². The molecule has 1 aromatic heterocycles. The summed E-state index contributed by atoms with van der Waals surface area (Å²) in [5, 5.41) is 6.90. The molecule has 0 saturated carbocycles. The third kappa shape index (κ3) is 3.96. The molecule has 134 valence electrons.